The molecular weight excluding hydrogens is 348 g/mol. The van der Waals surface area contributed by atoms with Gasteiger partial charge in [0, 0.05) is 16.6 Å². The maximum atomic E-state index is 12.6. The summed E-state index contributed by atoms with van der Waals surface area (Å²) in [6, 6.07) is 10.1. The van der Waals surface area contributed by atoms with Gasteiger partial charge in [0.05, 0.1) is 17.7 Å². The van der Waals surface area contributed by atoms with Gasteiger partial charge < -0.3 is 9.26 Å². The first-order valence-corrected chi connectivity index (χ1v) is 9.40. The molecule has 0 spiro atoms. The molecule has 2 aromatic heterocycles. The molecule has 0 bridgehead atoms. The van der Waals surface area contributed by atoms with Crippen LogP contribution >= 0.6 is 11.3 Å². The van der Waals surface area contributed by atoms with Crippen LogP contribution in [0.2, 0.25) is 0 Å². The molecule has 0 fully saturated rings. The summed E-state index contributed by atoms with van der Waals surface area (Å²) in [5.41, 5.74) is 1.22. The fraction of sp³-hybridized carbons (Fsp3) is 0.188. The number of sulfonamides is 1. The first kappa shape index (κ1) is 16.5. The molecule has 0 saturated carbocycles. The van der Waals surface area contributed by atoms with Crippen LogP contribution in [-0.2, 0) is 10.0 Å². The van der Waals surface area contributed by atoms with Gasteiger partial charge in [-0.3, -0.25) is 4.72 Å². The van der Waals surface area contributed by atoms with Crippen LogP contribution in [0.4, 0.5) is 5.69 Å². The molecule has 2 heterocycles. The number of hydrogen-bond donors (Lipinski definition) is 1. The van der Waals surface area contributed by atoms with Crippen LogP contribution in [0.5, 0.6) is 5.75 Å². The molecule has 6 nitrogen and oxygen atoms in total. The van der Waals surface area contributed by atoms with Gasteiger partial charge in [-0.2, -0.15) is 0 Å². The highest BCUT2D eigenvalue weighted by atomic mass is 32.2. The molecule has 0 unspecified atom stereocenters. The minimum atomic E-state index is -3.69. The third-order valence-corrected chi connectivity index (χ3v) is 6.08. The first-order valence-electron chi connectivity index (χ1n) is 7.10. The molecule has 126 valence electrons. The van der Waals surface area contributed by atoms with Crippen LogP contribution in [0.1, 0.15) is 10.6 Å². The molecule has 3 rings (SSSR count). The maximum absolute atomic E-state index is 12.6. The molecule has 0 saturated heterocycles. The SMILES string of the molecule is COc1ccc(NS(=O)(=O)c2cc(-c3cc(C)no3)sc2C)cc1. The second-order valence-corrected chi connectivity index (χ2v) is 8.10. The van der Waals surface area contributed by atoms with Crippen molar-refractivity contribution >= 4 is 27.0 Å². The Morgan fingerprint density at radius 3 is 2.46 bits per heavy atom. The van der Waals surface area contributed by atoms with Gasteiger partial charge >= 0.3 is 0 Å². The van der Waals surface area contributed by atoms with Gasteiger partial charge in [0.25, 0.3) is 10.0 Å². The van der Waals surface area contributed by atoms with Crippen molar-refractivity contribution in [2.45, 2.75) is 18.7 Å². The molecule has 3 aromatic rings. The van der Waals surface area contributed by atoms with Gasteiger partial charge in [0.15, 0.2) is 5.76 Å². The van der Waals surface area contributed by atoms with Crippen molar-refractivity contribution in [2.24, 2.45) is 0 Å². The number of hydrogen-bond acceptors (Lipinski definition) is 6. The minimum absolute atomic E-state index is 0.229. The summed E-state index contributed by atoms with van der Waals surface area (Å²) in [6.07, 6.45) is 0. The molecule has 1 N–H and O–H groups in total. The average Bonchev–Trinajstić information content (AvgIpc) is 3.14. The van der Waals surface area contributed by atoms with Crippen LogP contribution < -0.4 is 9.46 Å². The van der Waals surface area contributed by atoms with Crippen LogP contribution in [0.15, 0.2) is 45.8 Å². The lowest BCUT2D eigenvalue weighted by molar-refractivity contribution is 0.415. The smallest absolute Gasteiger partial charge is 0.263 e. The van der Waals surface area contributed by atoms with Gasteiger partial charge in [-0.05, 0) is 44.2 Å². The van der Waals surface area contributed by atoms with Crippen molar-refractivity contribution in [2.75, 3.05) is 11.8 Å². The standard InChI is InChI=1S/C16H16N2O4S2/c1-10-8-14(22-17-10)15-9-16(11(2)23-15)24(19,20)18-12-4-6-13(21-3)7-5-12/h4-9,18H,1-3H3. The van der Waals surface area contributed by atoms with Gasteiger partial charge in [-0.25, -0.2) is 8.42 Å². The van der Waals surface area contributed by atoms with E-state index in [1.54, 1.807) is 50.4 Å². The monoisotopic (exact) mass is 364 g/mol. The predicted octanol–water partition coefficient (Wildman–Crippen LogP) is 3.83. The zero-order valence-corrected chi connectivity index (χ0v) is 15.0. The first-order chi connectivity index (χ1) is 11.4. The van der Waals surface area contributed by atoms with E-state index in [4.69, 9.17) is 9.26 Å². The van der Waals surface area contributed by atoms with Crippen molar-refractivity contribution in [3.63, 3.8) is 0 Å². The number of thiophene rings is 1. The summed E-state index contributed by atoms with van der Waals surface area (Å²) in [6.45, 7) is 3.58. The quantitative estimate of drug-likeness (QED) is 0.744. The molecule has 24 heavy (non-hydrogen) atoms. The van der Waals surface area contributed by atoms with Gasteiger partial charge in [-0.1, -0.05) is 5.16 Å². The highest BCUT2D eigenvalue weighted by Gasteiger charge is 2.22. The van der Waals surface area contributed by atoms with E-state index in [1.165, 1.54) is 11.3 Å². The summed E-state index contributed by atoms with van der Waals surface area (Å²) in [5.74, 6) is 1.22. The van der Waals surface area contributed by atoms with E-state index in [0.717, 1.165) is 10.6 Å². The van der Waals surface area contributed by atoms with Crippen molar-refractivity contribution in [1.29, 1.82) is 0 Å². The topological polar surface area (TPSA) is 81.4 Å². The molecule has 0 amide bonds. The summed E-state index contributed by atoms with van der Waals surface area (Å²) in [5, 5.41) is 3.83. The zero-order valence-electron chi connectivity index (χ0n) is 13.4. The Balaban J connectivity index is 1.90. The Morgan fingerprint density at radius 2 is 1.88 bits per heavy atom. The predicted molar refractivity (Wildman–Crippen MR) is 93.1 cm³/mol. The maximum Gasteiger partial charge on any atom is 0.263 e. The number of benzene rings is 1. The molecule has 0 aliphatic heterocycles. The number of rotatable bonds is 5. The number of aromatic nitrogens is 1. The number of aryl methyl sites for hydroxylation is 2. The fourth-order valence-electron chi connectivity index (χ4n) is 2.20. The van der Waals surface area contributed by atoms with Crippen LogP contribution in [0.25, 0.3) is 10.6 Å². The second-order valence-electron chi connectivity index (χ2n) is 5.20. The van der Waals surface area contributed by atoms with Crippen molar-refractivity contribution in [3.8, 4) is 16.4 Å². The van der Waals surface area contributed by atoms with E-state index >= 15 is 0 Å². The number of ether oxygens (including phenoxy) is 1. The lowest BCUT2D eigenvalue weighted by Gasteiger charge is -2.08. The third kappa shape index (κ3) is 3.29. The Morgan fingerprint density at radius 1 is 1.17 bits per heavy atom. The lowest BCUT2D eigenvalue weighted by atomic mass is 10.3. The van der Waals surface area contributed by atoms with Crippen molar-refractivity contribution in [3.05, 3.63) is 47.0 Å². The highest BCUT2D eigenvalue weighted by Crippen LogP contribution is 2.34. The van der Waals surface area contributed by atoms with E-state index in [1.807, 2.05) is 6.92 Å². The molecule has 8 heteroatoms. The van der Waals surface area contributed by atoms with E-state index < -0.39 is 10.0 Å². The normalized spacial score (nSPS) is 11.5. The summed E-state index contributed by atoms with van der Waals surface area (Å²) in [4.78, 5) is 1.63. The zero-order chi connectivity index (χ0) is 17.3. The van der Waals surface area contributed by atoms with E-state index in [2.05, 4.69) is 9.88 Å². The summed E-state index contributed by atoms with van der Waals surface area (Å²) < 4.78 is 38.1. The molecule has 0 radical (unpaired) electrons. The molecular formula is C16H16N2O4S2. The van der Waals surface area contributed by atoms with E-state index in [9.17, 15) is 8.42 Å². The van der Waals surface area contributed by atoms with Crippen molar-refractivity contribution in [1.82, 2.24) is 5.16 Å². The van der Waals surface area contributed by atoms with Gasteiger partial charge in [0.1, 0.15) is 10.6 Å². The summed E-state index contributed by atoms with van der Waals surface area (Å²) in [7, 11) is -2.13. The van der Waals surface area contributed by atoms with Crippen LogP contribution in [0.3, 0.4) is 0 Å². The third-order valence-electron chi connectivity index (χ3n) is 3.37. The van der Waals surface area contributed by atoms with Gasteiger partial charge in [-0.15, -0.1) is 11.3 Å². The van der Waals surface area contributed by atoms with E-state index in [0.29, 0.717) is 22.1 Å². The largest absolute Gasteiger partial charge is 0.497 e. The number of anilines is 1. The highest BCUT2D eigenvalue weighted by molar-refractivity contribution is 7.93. The molecule has 0 aliphatic carbocycles. The minimum Gasteiger partial charge on any atom is -0.497 e. The number of nitrogens with zero attached hydrogens (tertiary/aromatic N) is 1. The second kappa shape index (κ2) is 6.29. The Bertz CT molecular complexity index is 956. The summed E-state index contributed by atoms with van der Waals surface area (Å²) >= 11 is 1.35. The molecule has 1 aromatic carbocycles. The molecule has 0 aliphatic rings. The van der Waals surface area contributed by atoms with E-state index in [-0.39, 0.29) is 4.90 Å². The molecule has 0 atom stereocenters. The Labute approximate surface area is 144 Å². The lowest BCUT2D eigenvalue weighted by Crippen LogP contribution is -2.13. The number of methoxy groups -OCH3 is 1. The van der Waals surface area contributed by atoms with Crippen LogP contribution in [0, 0.1) is 13.8 Å². The number of nitrogens with one attached hydrogen (secondary N) is 1. The Kier molecular flexibility index (Phi) is 4.33. The fourth-order valence-corrected chi connectivity index (χ4v) is 4.80. The Hall–Kier alpha value is -2.32. The average molecular weight is 364 g/mol. The van der Waals surface area contributed by atoms with Crippen molar-refractivity contribution < 1.29 is 17.7 Å². The van der Waals surface area contributed by atoms with Gasteiger partial charge in [0.2, 0.25) is 0 Å². The van der Waals surface area contributed by atoms with Crippen LogP contribution in [-0.4, -0.2) is 20.7 Å².